The third kappa shape index (κ3) is 4.92. The van der Waals surface area contributed by atoms with Gasteiger partial charge < -0.3 is 0 Å². The van der Waals surface area contributed by atoms with Crippen LogP contribution in [0, 0.1) is 5.92 Å². The summed E-state index contributed by atoms with van der Waals surface area (Å²) in [5.74, 6) is 0.676. The largest absolute Gasteiger partial charge is 0.176 e. The summed E-state index contributed by atoms with van der Waals surface area (Å²) in [4.78, 5) is 1.32. The molecule has 2 atom stereocenters. The third-order valence-corrected chi connectivity index (χ3v) is 8.84. The SMILES string of the molecule is CC1CCC(SSC2CCC(S)CC2)CCC1=S. The predicted octanol–water partition coefficient (Wildman–Crippen LogP) is 5.56. The molecule has 0 nitrogen and oxygen atoms in total. The van der Waals surface area contributed by atoms with Crippen molar-refractivity contribution in [2.45, 2.75) is 74.0 Å². The van der Waals surface area contributed by atoms with Crippen LogP contribution in [-0.2, 0) is 0 Å². The molecule has 0 aromatic heterocycles. The van der Waals surface area contributed by atoms with Gasteiger partial charge in [-0.15, -0.1) is 0 Å². The van der Waals surface area contributed by atoms with Gasteiger partial charge in [0.05, 0.1) is 0 Å². The Bertz CT molecular complexity index is 271. The molecule has 0 N–H and O–H groups in total. The van der Waals surface area contributed by atoms with Gasteiger partial charge in [0.15, 0.2) is 0 Å². The molecule has 0 aliphatic heterocycles. The zero-order valence-corrected chi connectivity index (χ0v) is 14.5. The van der Waals surface area contributed by atoms with E-state index in [1.807, 2.05) is 0 Å². The minimum atomic E-state index is 0.669. The lowest BCUT2D eigenvalue weighted by atomic mass is 10.00. The Morgan fingerprint density at radius 2 is 1.50 bits per heavy atom. The maximum atomic E-state index is 5.47. The highest BCUT2D eigenvalue weighted by Crippen LogP contribution is 2.42. The van der Waals surface area contributed by atoms with E-state index in [4.69, 9.17) is 12.2 Å². The molecular weight excluding hydrogens is 296 g/mol. The standard InChI is InChI=1S/C14H24S4/c1-10-2-5-12(8-9-14(10)16)17-18-13-6-3-11(15)4-7-13/h10-13,15H,2-9H2,1H3. The topological polar surface area (TPSA) is 0 Å². The molecule has 2 aliphatic rings. The van der Waals surface area contributed by atoms with Crippen molar-refractivity contribution in [2.75, 3.05) is 0 Å². The average Bonchev–Trinajstić information content (AvgIpc) is 2.53. The first-order valence-corrected chi connectivity index (χ1v) is 10.4. The van der Waals surface area contributed by atoms with Crippen molar-refractivity contribution in [1.82, 2.24) is 0 Å². The van der Waals surface area contributed by atoms with Crippen LogP contribution in [0.2, 0.25) is 0 Å². The lowest BCUT2D eigenvalue weighted by Gasteiger charge is -2.26. The molecule has 104 valence electrons. The molecule has 0 aromatic carbocycles. The normalized spacial score (nSPS) is 38.4. The van der Waals surface area contributed by atoms with Crippen molar-refractivity contribution in [1.29, 1.82) is 0 Å². The highest BCUT2D eigenvalue weighted by Gasteiger charge is 2.23. The Hall–Kier alpha value is 1.14. The first-order chi connectivity index (χ1) is 8.65. The number of thiol groups is 1. The highest BCUT2D eigenvalue weighted by molar-refractivity contribution is 8.77. The van der Waals surface area contributed by atoms with Crippen LogP contribution in [0.5, 0.6) is 0 Å². The molecular formula is C14H24S4. The van der Waals surface area contributed by atoms with Crippen LogP contribution in [0.15, 0.2) is 0 Å². The van der Waals surface area contributed by atoms with Crippen molar-refractivity contribution in [3.63, 3.8) is 0 Å². The summed E-state index contributed by atoms with van der Waals surface area (Å²) in [5.41, 5.74) is 0. The maximum Gasteiger partial charge on any atom is 0.0155 e. The van der Waals surface area contributed by atoms with E-state index in [1.54, 1.807) is 0 Å². The van der Waals surface area contributed by atoms with Crippen molar-refractivity contribution in [3.05, 3.63) is 0 Å². The molecule has 18 heavy (non-hydrogen) atoms. The van der Waals surface area contributed by atoms with Gasteiger partial charge >= 0.3 is 0 Å². The summed E-state index contributed by atoms with van der Waals surface area (Å²) in [6.45, 7) is 2.30. The monoisotopic (exact) mass is 320 g/mol. The van der Waals surface area contributed by atoms with Gasteiger partial charge in [0.2, 0.25) is 0 Å². The Morgan fingerprint density at radius 1 is 0.944 bits per heavy atom. The second-order valence-corrected chi connectivity index (χ2v) is 9.86. The smallest absolute Gasteiger partial charge is 0.0155 e. The van der Waals surface area contributed by atoms with E-state index in [9.17, 15) is 0 Å². The molecule has 2 saturated carbocycles. The molecule has 2 unspecified atom stereocenters. The average molecular weight is 321 g/mol. The fraction of sp³-hybridized carbons (Fsp3) is 0.929. The molecule has 2 fully saturated rings. The van der Waals surface area contributed by atoms with Gasteiger partial charge in [-0.1, -0.05) is 40.7 Å². The minimum Gasteiger partial charge on any atom is -0.176 e. The Morgan fingerprint density at radius 3 is 2.17 bits per heavy atom. The van der Waals surface area contributed by atoms with Crippen LogP contribution < -0.4 is 0 Å². The molecule has 0 radical (unpaired) electrons. The van der Waals surface area contributed by atoms with E-state index in [0.29, 0.717) is 11.2 Å². The Balaban J connectivity index is 1.68. The summed E-state index contributed by atoms with van der Waals surface area (Å²) in [5, 5.41) is 2.39. The molecule has 0 bridgehead atoms. The molecule has 0 amide bonds. The van der Waals surface area contributed by atoms with Crippen LogP contribution in [0.25, 0.3) is 0 Å². The minimum absolute atomic E-state index is 0.669. The summed E-state index contributed by atoms with van der Waals surface area (Å²) >= 11 is 10.0. The van der Waals surface area contributed by atoms with Gasteiger partial charge in [0.1, 0.15) is 0 Å². The molecule has 0 spiro atoms. The van der Waals surface area contributed by atoms with Crippen LogP contribution >= 0.6 is 46.4 Å². The number of hydrogen-bond donors (Lipinski definition) is 1. The van der Waals surface area contributed by atoms with E-state index < -0.39 is 0 Å². The van der Waals surface area contributed by atoms with Gasteiger partial charge in [-0.05, 0) is 62.1 Å². The van der Waals surface area contributed by atoms with E-state index in [1.165, 1.54) is 56.2 Å². The molecule has 2 rings (SSSR count). The van der Waals surface area contributed by atoms with Gasteiger partial charge in [-0.3, -0.25) is 0 Å². The lowest BCUT2D eigenvalue weighted by Crippen LogP contribution is -2.15. The van der Waals surface area contributed by atoms with Crippen LogP contribution in [-0.4, -0.2) is 20.6 Å². The van der Waals surface area contributed by atoms with Gasteiger partial charge in [-0.2, -0.15) is 12.6 Å². The van der Waals surface area contributed by atoms with E-state index in [-0.39, 0.29) is 0 Å². The second-order valence-electron chi connectivity index (χ2n) is 5.73. The Kier molecular flexibility index (Phi) is 6.73. The fourth-order valence-corrected chi connectivity index (χ4v) is 6.54. The van der Waals surface area contributed by atoms with Crippen LogP contribution in [0.1, 0.15) is 58.3 Å². The van der Waals surface area contributed by atoms with Crippen molar-refractivity contribution >= 4 is 51.3 Å². The predicted molar refractivity (Wildman–Crippen MR) is 94.2 cm³/mol. The Labute approximate surface area is 131 Å². The number of thiocarbonyl (C=S) groups is 1. The molecule has 2 aliphatic carbocycles. The van der Waals surface area contributed by atoms with E-state index in [2.05, 4.69) is 41.1 Å². The van der Waals surface area contributed by atoms with E-state index >= 15 is 0 Å². The van der Waals surface area contributed by atoms with Crippen LogP contribution in [0.3, 0.4) is 0 Å². The molecule has 0 aromatic rings. The third-order valence-electron chi connectivity index (χ3n) is 4.16. The number of hydrogen-bond acceptors (Lipinski definition) is 4. The molecule has 0 heterocycles. The summed E-state index contributed by atoms with van der Waals surface area (Å²) in [6, 6.07) is 0. The zero-order chi connectivity index (χ0) is 13.0. The second kappa shape index (κ2) is 7.80. The van der Waals surface area contributed by atoms with Crippen molar-refractivity contribution in [2.24, 2.45) is 5.92 Å². The molecule has 4 heteroatoms. The van der Waals surface area contributed by atoms with Crippen molar-refractivity contribution in [3.8, 4) is 0 Å². The van der Waals surface area contributed by atoms with Gasteiger partial charge in [-0.25, -0.2) is 0 Å². The zero-order valence-electron chi connectivity index (χ0n) is 11.1. The first-order valence-electron chi connectivity index (χ1n) is 7.18. The molecule has 0 saturated heterocycles. The van der Waals surface area contributed by atoms with Gasteiger partial charge in [0.25, 0.3) is 0 Å². The summed E-state index contributed by atoms with van der Waals surface area (Å²) < 4.78 is 0. The van der Waals surface area contributed by atoms with Gasteiger partial charge in [0, 0.05) is 15.7 Å². The van der Waals surface area contributed by atoms with E-state index in [0.717, 1.165) is 10.5 Å². The first kappa shape index (κ1) is 15.5. The summed E-state index contributed by atoms with van der Waals surface area (Å²) in [7, 11) is 4.31. The fourth-order valence-electron chi connectivity index (χ4n) is 2.69. The highest BCUT2D eigenvalue weighted by atomic mass is 33.1. The maximum absolute atomic E-state index is 5.47. The summed E-state index contributed by atoms with van der Waals surface area (Å²) in [6.07, 6.45) is 10.5. The van der Waals surface area contributed by atoms with Crippen molar-refractivity contribution < 1.29 is 0 Å². The lowest BCUT2D eigenvalue weighted by molar-refractivity contribution is 0.532. The number of rotatable bonds is 3. The van der Waals surface area contributed by atoms with Crippen LogP contribution in [0.4, 0.5) is 0 Å². The quantitative estimate of drug-likeness (QED) is 0.313.